The van der Waals surface area contributed by atoms with E-state index >= 15 is 0 Å². The van der Waals surface area contributed by atoms with Crippen molar-refractivity contribution in [3.63, 3.8) is 0 Å². The van der Waals surface area contributed by atoms with E-state index in [9.17, 15) is 4.79 Å². The number of carbonyl (C=O) groups excluding carboxylic acids is 1. The molecule has 0 saturated heterocycles. The van der Waals surface area contributed by atoms with Gasteiger partial charge < -0.3 is 14.6 Å². The van der Waals surface area contributed by atoms with E-state index in [1.165, 1.54) is 0 Å². The summed E-state index contributed by atoms with van der Waals surface area (Å²) < 4.78 is 7.30. The first-order valence-corrected chi connectivity index (χ1v) is 9.93. The molecule has 0 aliphatic heterocycles. The first-order chi connectivity index (χ1) is 14.7. The van der Waals surface area contributed by atoms with Gasteiger partial charge in [0.2, 0.25) is 5.91 Å². The maximum Gasteiger partial charge on any atom is 0.225 e. The van der Waals surface area contributed by atoms with Crippen LogP contribution < -0.4 is 10.1 Å². The normalized spacial score (nSPS) is 11.6. The standard InChI is InChI=1S/C26H24N2O2/c1-30-24-15-11-22(12-16-24)26(21-7-3-2-4-8-21)27-25(29)19-20-9-13-23(14-10-20)28-17-5-6-18-28/h2-18,26H,19H2,1H3,(H,27,29). The van der Waals surface area contributed by atoms with Gasteiger partial charge in [0.1, 0.15) is 5.75 Å². The molecular weight excluding hydrogens is 372 g/mol. The summed E-state index contributed by atoms with van der Waals surface area (Å²) >= 11 is 0. The van der Waals surface area contributed by atoms with Crippen LogP contribution in [0.2, 0.25) is 0 Å². The molecule has 30 heavy (non-hydrogen) atoms. The summed E-state index contributed by atoms with van der Waals surface area (Å²) in [6.07, 6.45) is 4.33. The van der Waals surface area contributed by atoms with E-state index in [1.807, 2.05) is 108 Å². The Balaban J connectivity index is 1.50. The summed E-state index contributed by atoms with van der Waals surface area (Å²) in [4.78, 5) is 12.9. The Kier molecular flexibility index (Phi) is 5.95. The number of aromatic nitrogens is 1. The van der Waals surface area contributed by atoms with Crippen LogP contribution in [0.15, 0.2) is 103 Å². The Labute approximate surface area is 176 Å². The molecule has 0 aliphatic carbocycles. The summed E-state index contributed by atoms with van der Waals surface area (Å²) in [5.74, 6) is 0.771. The maximum atomic E-state index is 12.9. The van der Waals surface area contributed by atoms with Gasteiger partial charge in [-0.05, 0) is 53.1 Å². The van der Waals surface area contributed by atoms with Crippen LogP contribution in [0.5, 0.6) is 5.75 Å². The Morgan fingerprint density at radius 1 is 0.833 bits per heavy atom. The van der Waals surface area contributed by atoms with Crippen molar-refractivity contribution in [2.45, 2.75) is 12.5 Å². The Morgan fingerprint density at radius 2 is 1.47 bits per heavy atom. The lowest BCUT2D eigenvalue weighted by molar-refractivity contribution is -0.120. The highest BCUT2D eigenvalue weighted by atomic mass is 16.5. The fourth-order valence-electron chi connectivity index (χ4n) is 3.49. The number of rotatable bonds is 7. The molecular formula is C26H24N2O2. The second-order valence-electron chi connectivity index (χ2n) is 7.12. The summed E-state index contributed by atoms with van der Waals surface area (Å²) in [5.41, 5.74) is 4.10. The third kappa shape index (κ3) is 4.61. The number of hydrogen-bond donors (Lipinski definition) is 1. The van der Waals surface area contributed by atoms with Crippen LogP contribution in [-0.2, 0) is 11.2 Å². The highest BCUT2D eigenvalue weighted by Crippen LogP contribution is 2.24. The molecule has 150 valence electrons. The molecule has 1 atom stereocenters. The molecule has 4 rings (SSSR count). The van der Waals surface area contributed by atoms with Crippen molar-refractivity contribution in [1.82, 2.24) is 9.88 Å². The van der Waals surface area contributed by atoms with E-state index in [0.29, 0.717) is 6.42 Å². The van der Waals surface area contributed by atoms with Crippen LogP contribution in [-0.4, -0.2) is 17.6 Å². The molecule has 0 bridgehead atoms. The predicted octanol–water partition coefficient (Wildman–Crippen LogP) is 4.93. The molecule has 1 heterocycles. The van der Waals surface area contributed by atoms with Gasteiger partial charge in [-0.15, -0.1) is 0 Å². The molecule has 0 fully saturated rings. The summed E-state index contributed by atoms with van der Waals surface area (Å²) in [6, 6.07) is 29.6. The van der Waals surface area contributed by atoms with Crippen molar-refractivity contribution in [2.75, 3.05) is 7.11 Å². The van der Waals surface area contributed by atoms with Gasteiger partial charge in [0.15, 0.2) is 0 Å². The maximum absolute atomic E-state index is 12.9. The fourth-order valence-corrected chi connectivity index (χ4v) is 3.49. The molecule has 1 aromatic heterocycles. The number of nitrogens with zero attached hydrogens (tertiary/aromatic N) is 1. The lowest BCUT2D eigenvalue weighted by Crippen LogP contribution is -2.30. The minimum Gasteiger partial charge on any atom is -0.497 e. The topological polar surface area (TPSA) is 43.3 Å². The third-order valence-corrected chi connectivity index (χ3v) is 5.09. The molecule has 3 aromatic carbocycles. The van der Waals surface area contributed by atoms with E-state index in [2.05, 4.69) is 5.32 Å². The first-order valence-electron chi connectivity index (χ1n) is 9.93. The van der Waals surface area contributed by atoms with Crippen LogP contribution in [0, 0.1) is 0 Å². The van der Waals surface area contributed by atoms with Crippen LogP contribution in [0.25, 0.3) is 5.69 Å². The number of amides is 1. The number of carbonyl (C=O) groups is 1. The molecule has 0 radical (unpaired) electrons. The van der Waals surface area contributed by atoms with E-state index in [1.54, 1.807) is 7.11 Å². The smallest absolute Gasteiger partial charge is 0.225 e. The van der Waals surface area contributed by atoms with Gasteiger partial charge in [0, 0.05) is 18.1 Å². The molecule has 4 heteroatoms. The molecule has 0 saturated carbocycles. The monoisotopic (exact) mass is 396 g/mol. The average Bonchev–Trinajstić information content (AvgIpc) is 3.34. The summed E-state index contributed by atoms with van der Waals surface area (Å²) in [5, 5.41) is 3.19. The number of nitrogens with one attached hydrogen (secondary N) is 1. The van der Waals surface area contributed by atoms with Crippen molar-refractivity contribution in [2.24, 2.45) is 0 Å². The van der Waals surface area contributed by atoms with Crippen LogP contribution in [0.3, 0.4) is 0 Å². The van der Waals surface area contributed by atoms with E-state index in [-0.39, 0.29) is 11.9 Å². The zero-order chi connectivity index (χ0) is 20.8. The van der Waals surface area contributed by atoms with Gasteiger partial charge >= 0.3 is 0 Å². The quantitative estimate of drug-likeness (QED) is 0.481. The summed E-state index contributed by atoms with van der Waals surface area (Å²) in [7, 11) is 1.65. The van der Waals surface area contributed by atoms with Gasteiger partial charge in [0.25, 0.3) is 0 Å². The fraction of sp³-hybridized carbons (Fsp3) is 0.115. The molecule has 1 amide bonds. The second kappa shape index (κ2) is 9.14. The third-order valence-electron chi connectivity index (χ3n) is 5.09. The highest BCUT2D eigenvalue weighted by molar-refractivity contribution is 5.79. The SMILES string of the molecule is COc1ccc(C(NC(=O)Cc2ccc(-n3cccc3)cc2)c2ccccc2)cc1. The number of ether oxygens (including phenoxy) is 1. The average molecular weight is 396 g/mol. The van der Waals surface area contributed by atoms with Crippen molar-refractivity contribution >= 4 is 5.91 Å². The molecule has 1 N–H and O–H groups in total. The van der Waals surface area contributed by atoms with Gasteiger partial charge in [-0.1, -0.05) is 54.6 Å². The highest BCUT2D eigenvalue weighted by Gasteiger charge is 2.17. The minimum atomic E-state index is -0.219. The lowest BCUT2D eigenvalue weighted by atomic mass is 9.98. The summed E-state index contributed by atoms with van der Waals surface area (Å²) in [6.45, 7) is 0. The van der Waals surface area contributed by atoms with E-state index in [0.717, 1.165) is 28.1 Å². The van der Waals surface area contributed by atoms with Crippen LogP contribution >= 0.6 is 0 Å². The Hall–Kier alpha value is -3.79. The van der Waals surface area contributed by atoms with Gasteiger partial charge in [0.05, 0.1) is 19.6 Å². The molecule has 4 aromatic rings. The van der Waals surface area contributed by atoms with Crippen molar-refractivity contribution in [3.05, 3.63) is 120 Å². The Morgan fingerprint density at radius 3 is 2.10 bits per heavy atom. The van der Waals surface area contributed by atoms with Crippen LogP contribution in [0.1, 0.15) is 22.7 Å². The van der Waals surface area contributed by atoms with Gasteiger partial charge in [-0.25, -0.2) is 0 Å². The molecule has 0 aliphatic rings. The van der Waals surface area contributed by atoms with Crippen LogP contribution in [0.4, 0.5) is 0 Å². The zero-order valence-electron chi connectivity index (χ0n) is 16.9. The lowest BCUT2D eigenvalue weighted by Gasteiger charge is -2.20. The molecule has 1 unspecified atom stereocenters. The molecule has 4 nitrogen and oxygen atoms in total. The number of benzene rings is 3. The van der Waals surface area contributed by atoms with Gasteiger partial charge in [-0.2, -0.15) is 0 Å². The molecule has 0 spiro atoms. The van der Waals surface area contributed by atoms with Gasteiger partial charge in [-0.3, -0.25) is 4.79 Å². The van der Waals surface area contributed by atoms with E-state index < -0.39 is 0 Å². The largest absolute Gasteiger partial charge is 0.497 e. The second-order valence-corrected chi connectivity index (χ2v) is 7.12. The first kappa shape index (κ1) is 19.5. The van der Waals surface area contributed by atoms with E-state index in [4.69, 9.17) is 4.74 Å². The zero-order valence-corrected chi connectivity index (χ0v) is 16.9. The van der Waals surface area contributed by atoms with Crippen molar-refractivity contribution in [1.29, 1.82) is 0 Å². The predicted molar refractivity (Wildman–Crippen MR) is 119 cm³/mol. The minimum absolute atomic E-state index is 0.0200. The van der Waals surface area contributed by atoms with Crippen molar-refractivity contribution < 1.29 is 9.53 Å². The van der Waals surface area contributed by atoms with Crippen molar-refractivity contribution in [3.8, 4) is 11.4 Å². The number of hydrogen-bond acceptors (Lipinski definition) is 2. The Bertz CT molecular complexity index is 1070. The number of methoxy groups -OCH3 is 1.